The van der Waals surface area contributed by atoms with Crippen LogP contribution in [0.2, 0.25) is 2.82 Å². The molecule has 0 bridgehead atoms. The Morgan fingerprint density at radius 1 is 1.75 bits per heavy atom. The van der Waals surface area contributed by atoms with Crippen molar-refractivity contribution in [2.24, 2.45) is 0 Å². The van der Waals surface area contributed by atoms with E-state index >= 15 is 0 Å². The Morgan fingerprint density at radius 3 is 2.00 bits per heavy atom. The van der Waals surface area contributed by atoms with E-state index in [-0.39, 0.29) is 0 Å². The van der Waals surface area contributed by atoms with Crippen molar-refractivity contribution in [1.82, 2.24) is 0 Å². The van der Waals surface area contributed by atoms with Crippen molar-refractivity contribution in [2.45, 2.75) is 16.2 Å². The van der Waals surface area contributed by atoms with Crippen molar-refractivity contribution < 1.29 is 33.7 Å². The molecule has 0 aliphatic heterocycles. The number of hydrogen-bond acceptors (Lipinski definition) is 0. The molecule has 4 heavy (non-hydrogen) atoms. The predicted molar refractivity (Wildman–Crippen MR) is 15.1 cm³/mol. The molecule has 0 aromatic rings. The molecule has 22 valence electrons. The van der Waals surface area contributed by atoms with E-state index in [0.717, 1.165) is 0 Å². The van der Waals surface area contributed by atoms with Crippen LogP contribution < -0.4 is 0 Å². The Hall–Kier alpha value is 1.19. The monoisotopic (exact) mass is 182 g/mol. The molecule has 0 atom stereocenters. The van der Waals surface area contributed by atoms with Gasteiger partial charge in [0.15, 0.2) is 0 Å². The van der Waals surface area contributed by atoms with E-state index in [9.17, 15) is 0 Å². The Bertz CT molecular complexity index is 5.25. The molecular formula is C3H7La. The van der Waals surface area contributed by atoms with Crippen LogP contribution in [0.25, 0.3) is 0 Å². The summed E-state index contributed by atoms with van der Waals surface area (Å²) >= 11 is 1.23. The summed E-state index contributed by atoms with van der Waals surface area (Å²) in [6, 6.07) is 0. The molecule has 0 N–H and O–H groups in total. The maximum absolute atomic E-state index is 2.22. The van der Waals surface area contributed by atoms with Crippen molar-refractivity contribution in [2.75, 3.05) is 0 Å². The van der Waals surface area contributed by atoms with Gasteiger partial charge in [0.2, 0.25) is 0 Å². The molecule has 0 spiro atoms. The third-order valence-corrected chi connectivity index (χ3v) is 2.10. The molecule has 1 heteroatoms. The maximum atomic E-state index is 2.22. The fourth-order valence-corrected chi connectivity index (χ4v) is 0. The molecular weight excluding hydrogens is 175 g/mol. The summed E-state index contributed by atoms with van der Waals surface area (Å²) in [4.78, 5) is 0. The molecule has 0 heterocycles. The number of hydrogen-bond donors (Lipinski definition) is 0. The Labute approximate surface area is 49.6 Å². The molecule has 0 unspecified atom stereocenters. The molecule has 0 rings (SSSR count). The van der Waals surface area contributed by atoms with Crippen LogP contribution in [-0.4, -0.2) is 0 Å². The van der Waals surface area contributed by atoms with Gasteiger partial charge >= 0.3 is 49.9 Å². The van der Waals surface area contributed by atoms with Crippen LogP contribution in [0.3, 0.4) is 0 Å². The second-order valence-electron chi connectivity index (χ2n) is 0.789. The molecule has 0 aliphatic carbocycles. The van der Waals surface area contributed by atoms with E-state index < -0.39 is 0 Å². The standard InChI is InChI=1S/C3H7.La/c1-3-2;/h1,3H2,2H3;. The van der Waals surface area contributed by atoms with Crippen LogP contribution in [0, 0.1) is 33.7 Å². The molecule has 0 amide bonds. The predicted octanol–water partition coefficient (Wildman–Crippen LogP) is 1.36. The van der Waals surface area contributed by atoms with E-state index in [2.05, 4.69) is 6.92 Å². The van der Waals surface area contributed by atoms with Gasteiger partial charge in [-0.15, -0.1) is 0 Å². The first kappa shape index (κ1) is 5.19. The normalized spacial score (nSPS) is 7.00. The zero-order valence-corrected chi connectivity index (χ0v) is 6.62. The van der Waals surface area contributed by atoms with Crippen LogP contribution in [0.1, 0.15) is 13.3 Å². The van der Waals surface area contributed by atoms with Crippen LogP contribution >= 0.6 is 0 Å². The summed E-state index contributed by atoms with van der Waals surface area (Å²) in [6.45, 7) is 2.22. The van der Waals surface area contributed by atoms with Gasteiger partial charge in [-0.3, -0.25) is 0 Å². The van der Waals surface area contributed by atoms with E-state index in [0.29, 0.717) is 0 Å². The zero-order valence-electron chi connectivity index (χ0n) is 2.99. The van der Waals surface area contributed by atoms with Gasteiger partial charge in [0.05, 0.1) is 0 Å². The van der Waals surface area contributed by atoms with Gasteiger partial charge < -0.3 is 0 Å². The second kappa shape index (κ2) is 4.19. The van der Waals surface area contributed by atoms with Gasteiger partial charge in [-0.1, -0.05) is 0 Å². The van der Waals surface area contributed by atoms with Crippen LogP contribution in [0.15, 0.2) is 0 Å². The summed E-state index contributed by atoms with van der Waals surface area (Å²) in [5.74, 6) is 0. The van der Waals surface area contributed by atoms with Crippen LogP contribution in [0.5, 0.6) is 0 Å². The quantitative estimate of drug-likeness (QED) is 0.574. The molecule has 0 aromatic carbocycles. The van der Waals surface area contributed by atoms with Crippen molar-refractivity contribution in [3.05, 3.63) is 0 Å². The second-order valence-corrected chi connectivity index (χ2v) is 2.60. The third kappa shape index (κ3) is 3.19. The SMILES string of the molecule is CC[CH2][La]. The third-order valence-electron chi connectivity index (χ3n) is 0.289. The number of rotatable bonds is 1. The summed E-state index contributed by atoms with van der Waals surface area (Å²) < 4.78 is 1.49. The van der Waals surface area contributed by atoms with E-state index in [1.807, 2.05) is 0 Å². The first-order chi connectivity index (χ1) is 1.91. The Morgan fingerprint density at radius 2 is 2.00 bits per heavy atom. The van der Waals surface area contributed by atoms with Crippen LogP contribution in [-0.2, 0) is 0 Å². The summed E-state index contributed by atoms with van der Waals surface area (Å²) in [7, 11) is 0. The van der Waals surface area contributed by atoms with Gasteiger partial charge in [-0.2, -0.15) is 0 Å². The Kier molecular flexibility index (Phi) is 5.45. The van der Waals surface area contributed by atoms with Gasteiger partial charge in [0, 0.05) is 0 Å². The average molecular weight is 182 g/mol. The molecule has 0 nitrogen and oxygen atoms in total. The molecule has 0 aromatic heterocycles. The average Bonchev–Trinajstić information content (AvgIpc) is 1.37. The van der Waals surface area contributed by atoms with Gasteiger partial charge in [0.1, 0.15) is 0 Å². The fourth-order valence-electron chi connectivity index (χ4n) is 0. The van der Waals surface area contributed by atoms with Crippen molar-refractivity contribution in [1.29, 1.82) is 0 Å². The van der Waals surface area contributed by atoms with E-state index in [1.165, 1.54) is 43.0 Å². The molecule has 0 saturated heterocycles. The van der Waals surface area contributed by atoms with Gasteiger partial charge in [-0.25, -0.2) is 0 Å². The summed E-state index contributed by atoms with van der Waals surface area (Å²) in [6.07, 6.45) is 1.39. The van der Waals surface area contributed by atoms with Gasteiger partial charge in [0.25, 0.3) is 0 Å². The first-order valence-corrected chi connectivity index (χ1v) is 4.18. The summed E-state index contributed by atoms with van der Waals surface area (Å²) in [5.41, 5.74) is 0. The van der Waals surface area contributed by atoms with Crippen molar-refractivity contribution in [3.8, 4) is 0 Å². The molecule has 0 radical (unpaired) electrons. The van der Waals surface area contributed by atoms with Crippen molar-refractivity contribution >= 4 is 0 Å². The topological polar surface area (TPSA) is 0 Å². The Balaban J connectivity index is 1.97. The molecule has 0 saturated carbocycles. The van der Waals surface area contributed by atoms with Gasteiger partial charge in [-0.05, 0) is 0 Å². The molecule has 0 fully saturated rings. The minimum atomic E-state index is 1.23. The van der Waals surface area contributed by atoms with E-state index in [4.69, 9.17) is 0 Å². The molecule has 0 aliphatic rings. The fraction of sp³-hybridized carbons (Fsp3) is 1.00. The summed E-state index contributed by atoms with van der Waals surface area (Å²) in [5, 5.41) is 0. The first-order valence-electron chi connectivity index (χ1n) is 1.62. The minimum absolute atomic E-state index is 1.23. The van der Waals surface area contributed by atoms with Crippen molar-refractivity contribution in [3.63, 3.8) is 0 Å². The van der Waals surface area contributed by atoms with E-state index in [1.54, 1.807) is 0 Å². The van der Waals surface area contributed by atoms with Crippen LogP contribution in [0.4, 0.5) is 0 Å². The zero-order chi connectivity index (χ0) is 3.41.